The van der Waals surface area contributed by atoms with Gasteiger partial charge in [0.2, 0.25) is 0 Å². The van der Waals surface area contributed by atoms with Crippen molar-refractivity contribution < 1.29 is 48.0 Å². The average molecular weight is 513 g/mol. The maximum Gasteiger partial charge on any atom is 0.355 e. The number of rotatable bonds is 6. The second-order valence-corrected chi connectivity index (χ2v) is 8.97. The van der Waals surface area contributed by atoms with Crippen molar-refractivity contribution in [1.29, 1.82) is 0 Å². The van der Waals surface area contributed by atoms with Gasteiger partial charge in [-0.3, -0.25) is 4.79 Å². The number of benzene rings is 1. The van der Waals surface area contributed by atoms with E-state index in [4.69, 9.17) is 18.9 Å². The molecule has 2 aliphatic heterocycles. The number of fused-ring (bicyclic) bond motifs is 2. The molecule has 1 aromatic rings. The zero-order valence-electron chi connectivity index (χ0n) is 21.2. The molecule has 0 saturated heterocycles. The van der Waals surface area contributed by atoms with E-state index in [9.17, 15) is 29.1 Å². The molecule has 4 rings (SSSR count). The highest BCUT2D eigenvalue weighted by Gasteiger charge is 2.81. The van der Waals surface area contributed by atoms with Crippen molar-refractivity contribution in [3.8, 4) is 0 Å². The molecule has 1 aromatic carbocycles. The van der Waals surface area contributed by atoms with Crippen LogP contribution in [0.25, 0.3) is 0 Å². The molecule has 0 amide bonds. The highest BCUT2D eigenvalue weighted by molar-refractivity contribution is 6.24. The molecular weight excluding hydrogens is 486 g/mol. The molecule has 0 fully saturated rings. The van der Waals surface area contributed by atoms with Crippen LogP contribution < -0.4 is 0 Å². The SMILES string of the molecule is CCC(C)C1C(C(=O)OC)=C(C(=O)OC)C23C(=O)c4ccccc4C2(O)C(C(=O)OC)=C(C(=O)OC)N13. The van der Waals surface area contributed by atoms with Crippen molar-refractivity contribution in [2.75, 3.05) is 28.4 Å². The molecule has 1 spiro atoms. The molecule has 2 heterocycles. The van der Waals surface area contributed by atoms with Crippen LogP contribution in [0.3, 0.4) is 0 Å². The summed E-state index contributed by atoms with van der Waals surface area (Å²) in [5.41, 5.74) is -6.97. The van der Waals surface area contributed by atoms with E-state index in [0.29, 0.717) is 6.42 Å². The third-order valence-electron chi connectivity index (χ3n) is 7.57. The lowest BCUT2D eigenvalue weighted by Gasteiger charge is -2.42. The van der Waals surface area contributed by atoms with Crippen molar-refractivity contribution in [3.05, 3.63) is 57.8 Å². The van der Waals surface area contributed by atoms with Gasteiger partial charge in [-0.1, -0.05) is 44.5 Å². The number of hydrogen-bond acceptors (Lipinski definition) is 11. The fourth-order valence-electron chi connectivity index (χ4n) is 5.94. The summed E-state index contributed by atoms with van der Waals surface area (Å²) >= 11 is 0. The molecular formula is C26H27NO10. The quantitative estimate of drug-likeness (QED) is 0.426. The number of carbonyl (C=O) groups is 5. The van der Waals surface area contributed by atoms with E-state index >= 15 is 0 Å². The minimum Gasteiger partial charge on any atom is -0.466 e. The second kappa shape index (κ2) is 8.84. The van der Waals surface area contributed by atoms with Crippen LogP contribution in [0.1, 0.15) is 36.2 Å². The first-order valence-corrected chi connectivity index (χ1v) is 11.5. The summed E-state index contributed by atoms with van der Waals surface area (Å²) in [6.07, 6.45) is 0.410. The lowest BCUT2D eigenvalue weighted by molar-refractivity contribution is -0.142. The average Bonchev–Trinajstić information content (AvgIpc) is 3.43. The van der Waals surface area contributed by atoms with Gasteiger partial charge in [0.05, 0.1) is 45.6 Å². The number of Topliss-reactive ketones (excluding diaryl/α,β-unsaturated/α-hetero) is 1. The molecule has 11 heteroatoms. The predicted molar refractivity (Wildman–Crippen MR) is 125 cm³/mol. The summed E-state index contributed by atoms with van der Waals surface area (Å²) in [7, 11) is 4.27. The molecule has 0 aromatic heterocycles. The third-order valence-corrected chi connectivity index (χ3v) is 7.57. The standard InChI is InChI=1S/C26H27NO10/c1-7-12(2)18-15(21(29)34-3)16(22(30)35-4)25-20(28)13-10-8-9-11-14(13)26(25,33)17(23(31)36-5)19(27(18)25)24(32)37-6/h8-12,18,33H,7H2,1-6H3. The first-order valence-electron chi connectivity index (χ1n) is 11.5. The molecule has 196 valence electrons. The van der Waals surface area contributed by atoms with Crippen molar-refractivity contribution in [3.63, 3.8) is 0 Å². The molecule has 0 saturated carbocycles. The van der Waals surface area contributed by atoms with E-state index in [2.05, 4.69) is 0 Å². The first kappa shape index (κ1) is 26.1. The van der Waals surface area contributed by atoms with Crippen LogP contribution in [0.2, 0.25) is 0 Å². The topological polar surface area (TPSA) is 146 Å². The van der Waals surface area contributed by atoms with Gasteiger partial charge in [-0.25, -0.2) is 19.2 Å². The molecule has 11 nitrogen and oxygen atoms in total. The number of methoxy groups -OCH3 is 4. The predicted octanol–water partition coefficient (Wildman–Crippen LogP) is 0.796. The van der Waals surface area contributed by atoms with Crippen LogP contribution in [-0.4, -0.2) is 79.7 Å². The molecule has 0 radical (unpaired) electrons. The fourth-order valence-corrected chi connectivity index (χ4v) is 5.94. The molecule has 1 aliphatic carbocycles. The number of esters is 4. The summed E-state index contributed by atoms with van der Waals surface area (Å²) in [6, 6.07) is 4.76. The van der Waals surface area contributed by atoms with Gasteiger partial charge in [0.25, 0.3) is 0 Å². The van der Waals surface area contributed by atoms with Crippen LogP contribution >= 0.6 is 0 Å². The Hall–Kier alpha value is -3.99. The van der Waals surface area contributed by atoms with Crippen LogP contribution in [0.4, 0.5) is 0 Å². The van der Waals surface area contributed by atoms with E-state index in [1.807, 2.05) is 0 Å². The van der Waals surface area contributed by atoms with Crippen molar-refractivity contribution >= 4 is 29.7 Å². The van der Waals surface area contributed by atoms with Crippen molar-refractivity contribution in [2.24, 2.45) is 5.92 Å². The van der Waals surface area contributed by atoms with E-state index in [0.717, 1.165) is 28.4 Å². The van der Waals surface area contributed by atoms with E-state index in [1.165, 1.54) is 23.1 Å². The minimum absolute atomic E-state index is 0.00395. The zero-order chi connectivity index (χ0) is 27.4. The van der Waals surface area contributed by atoms with Crippen LogP contribution in [0, 0.1) is 5.92 Å². The van der Waals surface area contributed by atoms with Crippen LogP contribution in [0.15, 0.2) is 46.7 Å². The largest absolute Gasteiger partial charge is 0.466 e. The van der Waals surface area contributed by atoms with Gasteiger partial charge in [0.1, 0.15) is 11.3 Å². The van der Waals surface area contributed by atoms with Crippen molar-refractivity contribution in [2.45, 2.75) is 37.5 Å². The monoisotopic (exact) mass is 513 g/mol. The van der Waals surface area contributed by atoms with Gasteiger partial charge >= 0.3 is 23.9 Å². The molecule has 37 heavy (non-hydrogen) atoms. The number of ether oxygens (including phenoxy) is 4. The number of carbonyl (C=O) groups excluding carboxylic acids is 5. The Morgan fingerprint density at radius 1 is 0.919 bits per heavy atom. The Morgan fingerprint density at radius 2 is 1.46 bits per heavy atom. The molecule has 4 atom stereocenters. The highest BCUT2D eigenvalue weighted by atomic mass is 16.5. The second-order valence-electron chi connectivity index (χ2n) is 8.97. The van der Waals surface area contributed by atoms with Gasteiger partial charge < -0.3 is 29.0 Å². The Morgan fingerprint density at radius 3 is 2.00 bits per heavy atom. The maximum atomic E-state index is 14.4. The Labute approximate surface area is 212 Å². The minimum atomic E-state index is -2.62. The first-order chi connectivity index (χ1) is 17.6. The summed E-state index contributed by atoms with van der Waals surface area (Å²) in [5, 5.41) is 12.6. The third kappa shape index (κ3) is 2.88. The lowest BCUT2D eigenvalue weighted by atomic mass is 9.72. The zero-order valence-corrected chi connectivity index (χ0v) is 21.2. The van der Waals surface area contributed by atoms with E-state index in [-0.39, 0.29) is 16.7 Å². The van der Waals surface area contributed by atoms with Gasteiger partial charge in [-0.15, -0.1) is 0 Å². The Balaban J connectivity index is 2.30. The van der Waals surface area contributed by atoms with E-state index < -0.39 is 69.6 Å². The van der Waals surface area contributed by atoms with E-state index in [1.54, 1.807) is 19.9 Å². The molecule has 1 N–H and O–H groups in total. The van der Waals surface area contributed by atoms with Gasteiger partial charge in [0.15, 0.2) is 16.9 Å². The summed E-state index contributed by atoms with van der Waals surface area (Å²) in [6.45, 7) is 3.54. The smallest absolute Gasteiger partial charge is 0.355 e. The number of nitrogens with zero attached hydrogens (tertiary/aromatic N) is 1. The highest BCUT2D eigenvalue weighted by Crippen LogP contribution is 2.66. The maximum absolute atomic E-state index is 14.4. The normalized spacial score (nSPS) is 26.4. The number of ketones is 1. The fraction of sp³-hybridized carbons (Fsp3) is 0.423. The Kier molecular flexibility index (Phi) is 6.23. The number of hydrogen-bond donors (Lipinski definition) is 1. The summed E-state index contributed by atoms with van der Waals surface area (Å²) in [4.78, 5) is 68.9. The summed E-state index contributed by atoms with van der Waals surface area (Å²) < 4.78 is 20.0. The van der Waals surface area contributed by atoms with Crippen molar-refractivity contribution in [1.82, 2.24) is 4.90 Å². The summed E-state index contributed by atoms with van der Waals surface area (Å²) in [5.74, 6) is -5.55. The van der Waals surface area contributed by atoms with Gasteiger partial charge in [-0.05, 0) is 5.92 Å². The van der Waals surface area contributed by atoms with Crippen LogP contribution in [0.5, 0.6) is 0 Å². The van der Waals surface area contributed by atoms with Crippen LogP contribution in [-0.2, 0) is 43.7 Å². The molecule has 3 aliphatic rings. The van der Waals surface area contributed by atoms with Gasteiger partial charge in [-0.2, -0.15) is 0 Å². The lowest BCUT2D eigenvalue weighted by Crippen LogP contribution is -2.61. The number of aliphatic hydroxyl groups is 1. The molecule has 4 unspecified atom stereocenters. The Bertz CT molecular complexity index is 1310. The van der Waals surface area contributed by atoms with Gasteiger partial charge in [0, 0.05) is 11.1 Å². The molecule has 0 bridgehead atoms.